The zero-order valence-corrected chi connectivity index (χ0v) is 98.5. The molecule has 0 aromatic carbocycles. The van der Waals surface area contributed by atoms with Gasteiger partial charge in [0.15, 0.2) is 0 Å². The summed E-state index contributed by atoms with van der Waals surface area (Å²) in [4.78, 5) is 31.6. The SMILES string of the molecule is C/C=C/OCC[N+](C)(C)C.C/C=C/OCC[N+](CC)(CC)CC.C/C=C/OCC[N+](CC)(CCC)CCC.C/C=C/OCC[N+](CC)(CCC)CCCC.CC#COCC[N+](CC)(CC)CC.CC#COCC[N+](CC)(CCC)CCC.CC#COCC[N+](CC)(CCC)CCCC.CC(=O)OCC[N+](C)(C)C.CCC[N+](CC)(CCC)CCOC(C)=O.CC[N+](CC)(CC)CCOC(C)=O. The number of rotatable bonds is 70. The van der Waals surface area contributed by atoms with Gasteiger partial charge in [-0.15, -0.1) is 0 Å². The van der Waals surface area contributed by atoms with Crippen LogP contribution < -0.4 is 0 Å². The Morgan fingerprint density at radius 1 is 0.213 bits per heavy atom. The largest absolute Gasteiger partial charge is 0.496 e. The number of unbranched alkanes of at least 4 members (excludes halogenated alkanes) is 2. The Morgan fingerprint density at radius 2 is 0.375 bits per heavy atom. The summed E-state index contributed by atoms with van der Waals surface area (Å²) in [7, 11) is 12.6. The number of esters is 3. The van der Waals surface area contributed by atoms with Gasteiger partial charge in [0.25, 0.3) is 0 Å². The van der Waals surface area contributed by atoms with Crippen molar-refractivity contribution in [1.29, 1.82) is 0 Å². The van der Waals surface area contributed by atoms with Crippen LogP contribution >= 0.6 is 0 Å². The van der Waals surface area contributed by atoms with E-state index < -0.39 is 0 Å². The van der Waals surface area contributed by atoms with E-state index in [4.69, 9.17) is 47.4 Å². The number of hydrogen-bond acceptors (Lipinski definition) is 13. The van der Waals surface area contributed by atoms with Crippen LogP contribution in [-0.4, -0.2) is 394 Å². The standard InChI is InChI=1S/C14H30NO.C14H28NO.C13H28NO.C13H26NO.C12H26NO2.C11H24NO.C11H22NO.C10H22NO2.C8H18NO.C7H16NO2/c2*1-5-9-11-15(8-4,10-6-2)12-14-16-13-7-3;2*1-5-9-14(8-4,10-6-2)11-13-15-12-7-3;1-5-8-13(7-3,9-6-2)10-11-15-12(4)14;2*1-5-10-13-11-9-12(6-2,7-3)8-4;1-5-11(6-2,7-3)8-9-13-10(4)12;1-5-7-10-8-6-9(2,3)4;1-7(9)10-6-5-8(2,3)4/h7,13H,5-6,8-12,14H2,1-4H3;5-6,8-12,14H2,1-4H3;7,12H,5-6,8-11,13H2,1-4H3;5-6,8-11,13H2,1-4H3;5-11H2,1-4H3;5,10H,6-9,11H2,1-4H3;6-9,11H2,1-4H3;5-9H2,1-4H3;5,7H,6,8H2,1-4H3;5-6H2,1-4H3/q10*+1/b13-7+;;12-7+;;;10-5+;;;7-5+;. The lowest BCUT2D eigenvalue weighted by atomic mass is 10.2. The van der Waals surface area contributed by atoms with Crippen molar-refractivity contribution in [2.24, 2.45) is 0 Å². The maximum Gasteiger partial charge on any atom is 0.302 e. The molecular weight excluding hydrogens is 1710 g/mol. The minimum Gasteiger partial charge on any atom is -0.496 e. The second kappa shape index (κ2) is 104. The first kappa shape index (κ1) is 150. The fraction of sp³-hybridized carbons (Fsp3) is 0.850. The maximum atomic E-state index is 10.7. The van der Waals surface area contributed by atoms with Gasteiger partial charge in [0.2, 0.25) is 0 Å². The van der Waals surface area contributed by atoms with E-state index in [9.17, 15) is 14.4 Å². The second-order valence-electron chi connectivity index (χ2n) is 37.9. The van der Waals surface area contributed by atoms with Crippen LogP contribution in [0.3, 0.4) is 0 Å². The van der Waals surface area contributed by atoms with Crippen molar-refractivity contribution in [2.75, 3.05) is 331 Å². The van der Waals surface area contributed by atoms with E-state index in [0.717, 1.165) is 165 Å². The number of likely N-dealkylation sites (N-methyl/N-ethyl adjacent to an activating group) is 10. The Balaban J connectivity index is -0.000000163. The third-order valence-corrected chi connectivity index (χ3v) is 26.1. The summed E-state index contributed by atoms with van der Waals surface area (Å²) in [6, 6.07) is 0. The zero-order chi connectivity index (χ0) is 106. The van der Waals surface area contributed by atoms with Crippen molar-refractivity contribution in [3.63, 3.8) is 0 Å². The van der Waals surface area contributed by atoms with Gasteiger partial charge >= 0.3 is 17.9 Å². The zero-order valence-electron chi connectivity index (χ0n) is 98.5. The van der Waals surface area contributed by atoms with Crippen LogP contribution in [0.25, 0.3) is 0 Å². The van der Waals surface area contributed by atoms with Gasteiger partial charge in [0.05, 0.1) is 224 Å². The average Bonchev–Trinajstić information content (AvgIpc) is 0.912. The van der Waals surface area contributed by atoms with Crippen molar-refractivity contribution < 1.29 is 107 Å². The number of nitrogens with zero attached hydrogens (tertiary/aromatic N) is 10. The molecule has 0 N–H and O–H groups in total. The average molecular weight is 1950 g/mol. The molecule has 0 saturated heterocycles. The van der Waals surface area contributed by atoms with Gasteiger partial charge in [0, 0.05) is 41.5 Å². The molecular formula is C113H240N10O13+10. The van der Waals surface area contributed by atoms with Crippen LogP contribution in [0.5, 0.6) is 0 Å². The predicted octanol–water partition coefficient (Wildman–Crippen LogP) is 21.9. The molecule has 0 rings (SSSR count). The number of carbonyl (C=O) groups is 3. The number of ether oxygens (including phenoxy) is 10. The van der Waals surface area contributed by atoms with Crippen molar-refractivity contribution in [3.8, 4) is 36.1 Å². The first-order valence-electron chi connectivity index (χ1n) is 54.5. The first-order valence-corrected chi connectivity index (χ1v) is 54.5. The monoisotopic (exact) mass is 1950 g/mol. The summed E-state index contributed by atoms with van der Waals surface area (Å²) in [5.74, 6) is 7.70. The predicted molar refractivity (Wildman–Crippen MR) is 586 cm³/mol. The normalized spacial score (nSPS) is 12.2. The lowest BCUT2D eigenvalue weighted by Gasteiger charge is -2.37. The smallest absolute Gasteiger partial charge is 0.302 e. The molecule has 0 aromatic rings. The van der Waals surface area contributed by atoms with Gasteiger partial charge in [-0.2, -0.15) is 0 Å². The Kier molecular flexibility index (Phi) is 115. The van der Waals surface area contributed by atoms with Gasteiger partial charge in [-0.05, 0) is 189 Å². The van der Waals surface area contributed by atoms with E-state index in [1.165, 1.54) is 247 Å². The summed E-state index contributed by atoms with van der Waals surface area (Å²) in [5, 5.41) is 0. The summed E-state index contributed by atoms with van der Waals surface area (Å²) in [5.41, 5.74) is 0. The highest BCUT2D eigenvalue weighted by molar-refractivity contribution is 5.66. The minimum atomic E-state index is -0.201. The molecule has 0 amide bonds. The highest BCUT2D eigenvalue weighted by Gasteiger charge is 2.29. The van der Waals surface area contributed by atoms with Crippen molar-refractivity contribution in [1.82, 2.24) is 0 Å². The van der Waals surface area contributed by atoms with Gasteiger partial charge in [-0.1, -0.05) is 124 Å². The molecule has 810 valence electrons. The van der Waals surface area contributed by atoms with E-state index in [1.54, 1.807) is 38.9 Å². The maximum absolute atomic E-state index is 10.7. The number of quaternary nitrogens is 10. The molecule has 0 radical (unpaired) electrons. The first-order chi connectivity index (χ1) is 64.6. The van der Waals surface area contributed by atoms with Gasteiger partial charge in [-0.3, -0.25) is 14.4 Å². The molecule has 0 aromatic heterocycles. The summed E-state index contributed by atoms with van der Waals surface area (Å²) in [6.45, 7) is 118. The highest BCUT2D eigenvalue weighted by atomic mass is 16.5. The lowest BCUT2D eigenvalue weighted by Crippen LogP contribution is -2.51. The Bertz CT molecular complexity index is 2850. The van der Waals surface area contributed by atoms with E-state index in [0.29, 0.717) is 19.8 Å². The number of allylic oxidation sites excluding steroid dienone is 4. The van der Waals surface area contributed by atoms with Gasteiger partial charge in [-0.25, -0.2) is 0 Å². The molecule has 0 spiro atoms. The number of carbonyl (C=O) groups excluding carboxylic acids is 3. The molecule has 0 aliphatic carbocycles. The Labute approximate surface area is 848 Å². The molecule has 0 saturated carbocycles. The topological polar surface area (TPSA) is 144 Å². The van der Waals surface area contributed by atoms with E-state index in [2.05, 4.69) is 245 Å². The fourth-order valence-corrected chi connectivity index (χ4v) is 16.3. The third kappa shape index (κ3) is 94.5. The van der Waals surface area contributed by atoms with Crippen molar-refractivity contribution in [2.45, 2.75) is 312 Å². The lowest BCUT2D eigenvalue weighted by molar-refractivity contribution is -0.927. The summed E-state index contributed by atoms with van der Waals surface area (Å²) in [6.07, 6.45) is 37.9. The molecule has 0 heterocycles. The van der Waals surface area contributed by atoms with Crippen LogP contribution in [-0.2, 0) is 61.8 Å². The van der Waals surface area contributed by atoms with E-state index in [1.807, 2.05) is 58.9 Å². The molecule has 0 fully saturated rings. The molecule has 0 aliphatic rings. The van der Waals surface area contributed by atoms with Gasteiger partial charge in [0.1, 0.15) is 150 Å². The van der Waals surface area contributed by atoms with Crippen LogP contribution in [0.15, 0.2) is 49.4 Å². The molecule has 2 unspecified atom stereocenters. The van der Waals surface area contributed by atoms with Crippen molar-refractivity contribution in [3.05, 3.63) is 49.4 Å². The molecule has 23 nitrogen and oxygen atoms in total. The quantitative estimate of drug-likeness (QED) is 0.0142. The Hall–Kier alpha value is -5.75. The van der Waals surface area contributed by atoms with E-state index >= 15 is 0 Å². The Morgan fingerprint density at radius 3 is 0.551 bits per heavy atom. The van der Waals surface area contributed by atoms with E-state index in [-0.39, 0.29) is 17.9 Å². The molecule has 2 atom stereocenters. The minimum absolute atomic E-state index is 0.169. The molecule has 136 heavy (non-hydrogen) atoms. The molecule has 0 bridgehead atoms. The number of hydrogen-bond donors (Lipinski definition) is 0. The highest BCUT2D eigenvalue weighted by Crippen LogP contribution is 2.17. The van der Waals surface area contributed by atoms with Crippen molar-refractivity contribution >= 4 is 17.9 Å². The summed E-state index contributed by atoms with van der Waals surface area (Å²) >= 11 is 0. The van der Waals surface area contributed by atoms with Gasteiger partial charge < -0.3 is 92.2 Å². The second-order valence-corrected chi connectivity index (χ2v) is 37.9. The molecule has 23 heteroatoms. The van der Waals surface area contributed by atoms with Crippen LogP contribution in [0.2, 0.25) is 0 Å². The van der Waals surface area contributed by atoms with Crippen LogP contribution in [0, 0.1) is 36.1 Å². The summed E-state index contributed by atoms with van der Waals surface area (Å²) < 4.78 is 62.9. The van der Waals surface area contributed by atoms with Crippen LogP contribution in [0.1, 0.15) is 312 Å². The molecule has 0 aliphatic heterocycles. The fourth-order valence-electron chi connectivity index (χ4n) is 16.3. The third-order valence-electron chi connectivity index (χ3n) is 26.1. The van der Waals surface area contributed by atoms with Crippen LogP contribution in [0.4, 0.5) is 0 Å².